The van der Waals surface area contributed by atoms with Crippen molar-refractivity contribution >= 4 is 23.8 Å². The molecule has 0 aromatic heterocycles. The summed E-state index contributed by atoms with van der Waals surface area (Å²) in [5.74, 6) is 1.93. The highest BCUT2D eigenvalue weighted by atomic mass is 32.2. The third kappa shape index (κ3) is 4.93. The Hall–Kier alpha value is -0.910. The molecule has 0 radical (unpaired) electrons. The van der Waals surface area contributed by atoms with Crippen molar-refractivity contribution in [3.05, 3.63) is 0 Å². The summed E-state index contributed by atoms with van der Waals surface area (Å²) in [5.41, 5.74) is -0.546. The van der Waals surface area contributed by atoms with Gasteiger partial charge in [-0.3, -0.25) is 9.69 Å². The number of hydrogen-bond acceptors (Lipinski definition) is 4. The first kappa shape index (κ1) is 16.1. The molecule has 1 atom stereocenters. The first-order valence-corrected chi connectivity index (χ1v) is 7.70. The number of hydrogen-bond donors (Lipinski definition) is 0. The zero-order valence-electron chi connectivity index (χ0n) is 12.4. The van der Waals surface area contributed by atoms with Gasteiger partial charge in [-0.15, -0.1) is 0 Å². The van der Waals surface area contributed by atoms with Gasteiger partial charge in [-0.1, -0.05) is 0 Å². The number of nitrogens with zero attached hydrogens (tertiary/aromatic N) is 2. The van der Waals surface area contributed by atoms with Crippen molar-refractivity contribution in [2.75, 3.05) is 31.6 Å². The molecule has 1 fully saturated rings. The molecule has 1 aliphatic rings. The third-order valence-electron chi connectivity index (χ3n) is 2.94. The van der Waals surface area contributed by atoms with Crippen molar-refractivity contribution in [2.24, 2.45) is 0 Å². The van der Waals surface area contributed by atoms with E-state index in [4.69, 9.17) is 4.74 Å². The van der Waals surface area contributed by atoms with Crippen molar-refractivity contribution < 1.29 is 14.3 Å². The van der Waals surface area contributed by atoms with Crippen LogP contribution in [0, 0.1) is 0 Å². The molecule has 0 unspecified atom stereocenters. The van der Waals surface area contributed by atoms with E-state index in [0.717, 1.165) is 24.6 Å². The largest absolute Gasteiger partial charge is 0.444 e. The van der Waals surface area contributed by atoms with Crippen LogP contribution < -0.4 is 0 Å². The Balaban J connectivity index is 2.57. The molecule has 0 N–H and O–H groups in total. The normalized spacial score (nSPS) is 17.8. The second-order valence-electron chi connectivity index (χ2n) is 5.70. The van der Waals surface area contributed by atoms with Crippen LogP contribution in [0.4, 0.5) is 4.79 Å². The number of carbonyl (C=O) groups is 2. The summed E-state index contributed by atoms with van der Waals surface area (Å²) in [7, 11) is 1.61. The lowest BCUT2D eigenvalue weighted by Gasteiger charge is -2.33. The summed E-state index contributed by atoms with van der Waals surface area (Å²) >= 11 is 1.85. The fraction of sp³-hybridized carbons (Fsp3) is 0.846. The maximum absolute atomic E-state index is 12.3. The zero-order valence-corrected chi connectivity index (χ0v) is 13.2. The Labute approximate surface area is 119 Å². The maximum atomic E-state index is 12.3. The summed E-state index contributed by atoms with van der Waals surface area (Å²) in [4.78, 5) is 27.4. The molecule has 6 heteroatoms. The molecule has 110 valence electrons. The molecule has 2 amide bonds. The van der Waals surface area contributed by atoms with Gasteiger partial charge in [0.15, 0.2) is 0 Å². The molecule has 0 spiro atoms. The van der Waals surface area contributed by atoms with Crippen molar-refractivity contribution in [2.45, 2.75) is 39.3 Å². The second kappa shape index (κ2) is 6.50. The van der Waals surface area contributed by atoms with E-state index < -0.39 is 17.7 Å². The Morgan fingerprint density at radius 3 is 2.26 bits per heavy atom. The quantitative estimate of drug-likeness (QED) is 0.777. The second-order valence-corrected chi connectivity index (χ2v) is 6.93. The van der Waals surface area contributed by atoms with Crippen LogP contribution in [0.3, 0.4) is 0 Å². The number of amides is 2. The van der Waals surface area contributed by atoms with Crippen molar-refractivity contribution in [1.29, 1.82) is 0 Å². The number of likely N-dealkylation sites (N-methyl/N-ethyl adjacent to an activating group) is 1. The van der Waals surface area contributed by atoms with Gasteiger partial charge in [0.05, 0.1) is 0 Å². The van der Waals surface area contributed by atoms with Crippen LogP contribution >= 0.6 is 11.8 Å². The first-order valence-electron chi connectivity index (χ1n) is 6.54. The van der Waals surface area contributed by atoms with E-state index in [1.807, 2.05) is 37.4 Å². The van der Waals surface area contributed by atoms with Crippen LogP contribution in [0.1, 0.15) is 27.7 Å². The molecule has 0 aromatic carbocycles. The van der Waals surface area contributed by atoms with Crippen molar-refractivity contribution in [3.63, 3.8) is 0 Å². The van der Waals surface area contributed by atoms with Crippen LogP contribution in [0.25, 0.3) is 0 Å². The zero-order chi connectivity index (χ0) is 14.6. The fourth-order valence-corrected chi connectivity index (χ4v) is 2.61. The summed E-state index contributed by atoms with van der Waals surface area (Å²) < 4.78 is 5.27. The molecular weight excluding hydrogens is 264 g/mol. The summed E-state index contributed by atoms with van der Waals surface area (Å²) in [6, 6.07) is -0.488. The number of ether oxygens (including phenoxy) is 1. The Kier molecular flexibility index (Phi) is 5.52. The van der Waals surface area contributed by atoms with Crippen molar-refractivity contribution in [1.82, 2.24) is 9.80 Å². The minimum Gasteiger partial charge on any atom is -0.444 e. The standard InChI is InChI=1S/C13H24N2O3S/c1-10(11(16)15-6-8-19-9-7-15)14(5)12(17)18-13(2,3)4/h10H,6-9H2,1-5H3/t10-/m0/s1. The lowest BCUT2D eigenvalue weighted by atomic mass is 10.2. The van der Waals surface area contributed by atoms with Gasteiger partial charge in [0.2, 0.25) is 5.91 Å². The van der Waals surface area contributed by atoms with Gasteiger partial charge < -0.3 is 9.64 Å². The molecule has 1 aliphatic heterocycles. The van der Waals surface area contributed by atoms with Gasteiger partial charge in [-0.25, -0.2) is 4.79 Å². The predicted octanol–water partition coefficient (Wildman–Crippen LogP) is 1.82. The Bertz CT molecular complexity index is 335. The third-order valence-corrected chi connectivity index (χ3v) is 3.89. The van der Waals surface area contributed by atoms with E-state index in [-0.39, 0.29) is 5.91 Å². The van der Waals surface area contributed by atoms with E-state index in [1.54, 1.807) is 14.0 Å². The summed E-state index contributed by atoms with van der Waals surface area (Å²) in [6.07, 6.45) is -0.459. The lowest BCUT2D eigenvalue weighted by Crippen LogP contribution is -2.50. The van der Waals surface area contributed by atoms with Crippen LogP contribution in [0.5, 0.6) is 0 Å². The minimum atomic E-state index is -0.546. The van der Waals surface area contributed by atoms with Gasteiger partial charge >= 0.3 is 6.09 Å². The lowest BCUT2D eigenvalue weighted by molar-refractivity contribution is -0.135. The predicted molar refractivity (Wildman–Crippen MR) is 77.4 cm³/mol. The molecule has 5 nitrogen and oxygen atoms in total. The van der Waals surface area contributed by atoms with Gasteiger partial charge in [-0.05, 0) is 27.7 Å². The van der Waals surface area contributed by atoms with Gasteiger partial charge in [0, 0.05) is 31.6 Å². The smallest absolute Gasteiger partial charge is 0.410 e. The molecule has 0 saturated carbocycles. The Morgan fingerprint density at radius 2 is 1.79 bits per heavy atom. The maximum Gasteiger partial charge on any atom is 0.410 e. The number of carbonyl (C=O) groups excluding carboxylic acids is 2. The monoisotopic (exact) mass is 288 g/mol. The van der Waals surface area contributed by atoms with Crippen LogP contribution in [0.15, 0.2) is 0 Å². The molecule has 1 rings (SSSR count). The van der Waals surface area contributed by atoms with Crippen LogP contribution in [0.2, 0.25) is 0 Å². The van der Waals surface area contributed by atoms with E-state index in [2.05, 4.69) is 0 Å². The highest BCUT2D eigenvalue weighted by molar-refractivity contribution is 7.99. The molecule has 0 aromatic rings. The minimum absolute atomic E-state index is 0.00587. The highest BCUT2D eigenvalue weighted by Crippen LogP contribution is 2.14. The molecule has 1 heterocycles. The molecular formula is C13H24N2O3S. The summed E-state index contributed by atoms with van der Waals surface area (Å²) in [5, 5.41) is 0. The fourth-order valence-electron chi connectivity index (χ4n) is 1.71. The SMILES string of the molecule is C[C@@H](C(=O)N1CCSCC1)N(C)C(=O)OC(C)(C)C. The Morgan fingerprint density at radius 1 is 1.26 bits per heavy atom. The van der Waals surface area contributed by atoms with E-state index in [0.29, 0.717) is 0 Å². The van der Waals surface area contributed by atoms with Crippen LogP contribution in [-0.4, -0.2) is 65.1 Å². The molecule has 1 saturated heterocycles. The van der Waals surface area contributed by atoms with E-state index >= 15 is 0 Å². The topological polar surface area (TPSA) is 49.9 Å². The van der Waals surface area contributed by atoms with Gasteiger partial charge in [0.25, 0.3) is 0 Å². The van der Waals surface area contributed by atoms with Gasteiger partial charge in [0.1, 0.15) is 11.6 Å². The molecule has 19 heavy (non-hydrogen) atoms. The molecule has 0 aliphatic carbocycles. The first-order chi connectivity index (χ1) is 8.72. The van der Waals surface area contributed by atoms with E-state index in [9.17, 15) is 9.59 Å². The van der Waals surface area contributed by atoms with Crippen molar-refractivity contribution in [3.8, 4) is 0 Å². The molecule has 0 bridgehead atoms. The summed E-state index contributed by atoms with van der Waals surface area (Å²) in [6.45, 7) is 8.70. The van der Waals surface area contributed by atoms with Gasteiger partial charge in [-0.2, -0.15) is 11.8 Å². The van der Waals surface area contributed by atoms with E-state index in [1.165, 1.54) is 4.90 Å². The average Bonchev–Trinajstić information content (AvgIpc) is 2.35. The highest BCUT2D eigenvalue weighted by Gasteiger charge is 2.30. The average molecular weight is 288 g/mol. The van der Waals surface area contributed by atoms with Crippen LogP contribution in [-0.2, 0) is 9.53 Å². The number of rotatable bonds is 2. The number of thioether (sulfide) groups is 1.